The summed E-state index contributed by atoms with van der Waals surface area (Å²) in [5.41, 5.74) is 3.24. The molecule has 1 heterocycles. The number of benzene rings is 3. The lowest BCUT2D eigenvalue weighted by Gasteiger charge is -2.12. The van der Waals surface area contributed by atoms with Crippen LogP contribution in [-0.4, -0.2) is 33.9 Å². The number of rotatable bonds is 9. The smallest absolute Gasteiger partial charge is 0.346 e. The van der Waals surface area contributed by atoms with Gasteiger partial charge >= 0.3 is 6.01 Å². The fourth-order valence-corrected chi connectivity index (χ4v) is 3.09. The van der Waals surface area contributed by atoms with Crippen molar-refractivity contribution in [1.29, 1.82) is 0 Å². The van der Waals surface area contributed by atoms with E-state index in [0.29, 0.717) is 11.5 Å². The third kappa shape index (κ3) is 5.81. The minimum absolute atomic E-state index is 0. The van der Waals surface area contributed by atoms with E-state index in [2.05, 4.69) is 45.1 Å². The number of methoxy groups -OCH3 is 1. The maximum atomic E-state index is 5.95. The molecule has 0 bridgehead atoms. The molecule has 0 unspecified atom stereocenters. The normalized spacial score (nSPS) is 10.4. The summed E-state index contributed by atoms with van der Waals surface area (Å²) in [5, 5.41) is 15.2. The molecule has 1 aromatic heterocycles. The van der Waals surface area contributed by atoms with Crippen molar-refractivity contribution in [2.24, 2.45) is 0 Å². The van der Waals surface area contributed by atoms with Crippen molar-refractivity contribution in [3.8, 4) is 23.2 Å². The molecule has 8 heteroatoms. The Morgan fingerprint density at radius 3 is 2.35 bits per heavy atom. The summed E-state index contributed by atoms with van der Waals surface area (Å²) in [4.78, 5) is 0. The maximum Gasteiger partial charge on any atom is 0.346 e. The van der Waals surface area contributed by atoms with E-state index in [1.54, 1.807) is 11.8 Å². The zero-order chi connectivity index (χ0) is 20.6. The lowest BCUT2D eigenvalue weighted by molar-refractivity contribution is 0.362. The maximum absolute atomic E-state index is 5.95. The number of hydrogen-bond acceptors (Lipinski definition) is 6. The van der Waals surface area contributed by atoms with Gasteiger partial charge in [0, 0.05) is 6.54 Å². The number of para-hydroxylation sites is 1. The molecule has 0 amide bonds. The van der Waals surface area contributed by atoms with Crippen molar-refractivity contribution in [3.05, 3.63) is 90.0 Å². The molecule has 1 N–H and O–H groups in total. The molecule has 0 radical (unpaired) electrons. The zero-order valence-corrected chi connectivity index (χ0v) is 18.0. The first kappa shape index (κ1) is 22.3. The minimum atomic E-state index is 0. The highest BCUT2D eigenvalue weighted by Crippen LogP contribution is 2.32. The number of nitrogens with one attached hydrogen (secondary N) is 1. The molecular formula is C23H24ClN5O2. The van der Waals surface area contributed by atoms with Crippen molar-refractivity contribution < 1.29 is 9.47 Å². The van der Waals surface area contributed by atoms with Gasteiger partial charge < -0.3 is 14.8 Å². The highest BCUT2D eigenvalue weighted by Gasteiger charge is 2.14. The quantitative estimate of drug-likeness (QED) is 0.395. The standard InChI is InChI=1S/C23H23N5O2.ClH/c1-29-22-16-19(17-24-15-14-18-8-4-2-5-9-18)12-13-21(22)30-23-25-26-27-28(23)20-10-6-3-7-11-20;/h2-13,16,24H,14-15,17H2,1H3;1H. The summed E-state index contributed by atoms with van der Waals surface area (Å²) < 4.78 is 13.0. The van der Waals surface area contributed by atoms with Gasteiger partial charge in [0.1, 0.15) is 0 Å². The van der Waals surface area contributed by atoms with Gasteiger partial charge in [-0.3, -0.25) is 0 Å². The Morgan fingerprint density at radius 1 is 0.871 bits per heavy atom. The Balaban J connectivity index is 0.00000272. The van der Waals surface area contributed by atoms with Gasteiger partial charge in [-0.05, 0) is 58.8 Å². The average molecular weight is 438 g/mol. The Labute approximate surface area is 187 Å². The first-order valence-corrected chi connectivity index (χ1v) is 9.77. The molecule has 4 rings (SSSR count). The van der Waals surface area contributed by atoms with Gasteiger partial charge in [0.2, 0.25) is 0 Å². The van der Waals surface area contributed by atoms with E-state index in [0.717, 1.165) is 30.8 Å². The molecule has 0 saturated carbocycles. The van der Waals surface area contributed by atoms with E-state index in [-0.39, 0.29) is 18.4 Å². The van der Waals surface area contributed by atoms with E-state index < -0.39 is 0 Å². The predicted octanol–water partition coefficient (Wildman–Crippen LogP) is 4.22. The summed E-state index contributed by atoms with van der Waals surface area (Å²) in [6.07, 6.45) is 0.987. The Morgan fingerprint density at radius 2 is 1.61 bits per heavy atom. The molecule has 0 aliphatic rings. The zero-order valence-electron chi connectivity index (χ0n) is 17.1. The van der Waals surface area contributed by atoms with Crippen LogP contribution in [0.2, 0.25) is 0 Å². The fourth-order valence-electron chi connectivity index (χ4n) is 3.09. The number of halogens is 1. The van der Waals surface area contributed by atoms with Crippen LogP contribution in [0.15, 0.2) is 78.9 Å². The average Bonchev–Trinajstić information content (AvgIpc) is 3.27. The van der Waals surface area contributed by atoms with E-state index in [9.17, 15) is 0 Å². The molecule has 3 aromatic carbocycles. The van der Waals surface area contributed by atoms with Crippen molar-refractivity contribution in [2.75, 3.05) is 13.7 Å². The van der Waals surface area contributed by atoms with Crippen molar-refractivity contribution in [2.45, 2.75) is 13.0 Å². The Hall–Kier alpha value is -3.42. The summed E-state index contributed by atoms with van der Waals surface area (Å²) in [7, 11) is 1.62. The molecule has 0 fully saturated rings. The van der Waals surface area contributed by atoms with Crippen LogP contribution >= 0.6 is 12.4 Å². The first-order valence-electron chi connectivity index (χ1n) is 9.77. The van der Waals surface area contributed by atoms with Crippen LogP contribution in [0.1, 0.15) is 11.1 Å². The number of ether oxygens (including phenoxy) is 2. The summed E-state index contributed by atoms with van der Waals surface area (Å²) in [6.45, 7) is 1.64. The van der Waals surface area contributed by atoms with Gasteiger partial charge in [-0.15, -0.1) is 12.4 Å². The highest BCUT2D eigenvalue weighted by molar-refractivity contribution is 5.85. The second kappa shape index (κ2) is 11.1. The molecular weight excluding hydrogens is 414 g/mol. The van der Waals surface area contributed by atoms with Crippen LogP contribution in [0.4, 0.5) is 0 Å². The van der Waals surface area contributed by atoms with E-state index >= 15 is 0 Å². The molecule has 0 saturated heterocycles. The van der Waals surface area contributed by atoms with Gasteiger partial charge in [0.25, 0.3) is 0 Å². The number of aromatic nitrogens is 4. The monoisotopic (exact) mass is 437 g/mol. The van der Waals surface area contributed by atoms with E-state index in [1.807, 2.05) is 54.6 Å². The minimum Gasteiger partial charge on any atom is -0.493 e. The second-order valence-corrected chi connectivity index (χ2v) is 6.71. The largest absolute Gasteiger partial charge is 0.493 e. The predicted molar refractivity (Wildman–Crippen MR) is 121 cm³/mol. The van der Waals surface area contributed by atoms with Crippen LogP contribution in [0, 0.1) is 0 Å². The van der Waals surface area contributed by atoms with Gasteiger partial charge in [-0.25, -0.2) is 0 Å². The number of nitrogens with zero attached hydrogens (tertiary/aromatic N) is 4. The number of hydrogen-bond donors (Lipinski definition) is 1. The van der Waals surface area contributed by atoms with Gasteiger partial charge in [-0.2, -0.15) is 4.68 Å². The Kier molecular flexibility index (Phi) is 7.98. The van der Waals surface area contributed by atoms with Crippen molar-refractivity contribution >= 4 is 12.4 Å². The van der Waals surface area contributed by atoms with E-state index in [1.165, 1.54) is 5.56 Å². The first-order chi connectivity index (χ1) is 14.8. The van der Waals surface area contributed by atoms with Crippen LogP contribution < -0.4 is 14.8 Å². The van der Waals surface area contributed by atoms with E-state index in [4.69, 9.17) is 9.47 Å². The third-order valence-corrected chi connectivity index (χ3v) is 4.63. The van der Waals surface area contributed by atoms with Gasteiger partial charge in [0.15, 0.2) is 11.5 Å². The third-order valence-electron chi connectivity index (χ3n) is 4.63. The summed E-state index contributed by atoms with van der Waals surface area (Å²) in [6, 6.07) is 26.1. The topological polar surface area (TPSA) is 74.1 Å². The van der Waals surface area contributed by atoms with Gasteiger partial charge in [-0.1, -0.05) is 59.7 Å². The molecule has 0 aliphatic heterocycles. The molecule has 7 nitrogen and oxygen atoms in total. The van der Waals surface area contributed by atoms with Crippen LogP contribution in [0.5, 0.6) is 17.5 Å². The molecule has 0 spiro atoms. The van der Waals surface area contributed by atoms with Gasteiger partial charge in [0.05, 0.1) is 12.8 Å². The van der Waals surface area contributed by atoms with Crippen LogP contribution in [0.3, 0.4) is 0 Å². The molecule has 0 aliphatic carbocycles. The van der Waals surface area contributed by atoms with Crippen molar-refractivity contribution in [3.63, 3.8) is 0 Å². The van der Waals surface area contributed by atoms with Crippen LogP contribution in [0.25, 0.3) is 5.69 Å². The number of tetrazole rings is 1. The Bertz CT molecular complexity index is 1070. The fraction of sp³-hybridized carbons (Fsp3) is 0.174. The SMILES string of the molecule is COc1cc(CNCCc2ccccc2)ccc1Oc1nnnn1-c1ccccc1.Cl. The lowest BCUT2D eigenvalue weighted by atomic mass is 10.1. The molecule has 31 heavy (non-hydrogen) atoms. The summed E-state index contributed by atoms with van der Waals surface area (Å²) in [5.74, 6) is 1.18. The molecule has 160 valence electrons. The van der Waals surface area contributed by atoms with Crippen molar-refractivity contribution in [1.82, 2.24) is 25.5 Å². The van der Waals surface area contributed by atoms with Crippen LogP contribution in [-0.2, 0) is 13.0 Å². The molecule has 4 aromatic rings. The summed E-state index contributed by atoms with van der Waals surface area (Å²) >= 11 is 0. The molecule has 0 atom stereocenters. The highest BCUT2D eigenvalue weighted by atomic mass is 35.5. The lowest BCUT2D eigenvalue weighted by Crippen LogP contribution is -2.16. The second-order valence-electron chi connectivity index (χ2n) is 6.71.